The largest absolute Gasteiger partial charge is 0.270 e. The van der Waals surface area contributed by atoms with E-state index in [1.165, 1.54) is 6.07 Å². The number of amidine groups is 1. The maximum Gasteiger partial charge on any atom is 0.201 e. The number of hydrogen-bond donors (Lipinski definition) is 1. The molecule has 0 saturated heterocycles. The highest BCUT2D eigenvalue weighted by Crippen LogP contribution is 2.23. The average Bonchev–Trinajstić information content (AvgIpc) is 2.70. The molecule has 0 bridgehead atoms. The average molecular weight is 392 g/mol. The number of halogens is 2. The summed E-state index contributed by atoms with van der Waals surface area (Å²) in [7, 11) is 0. The molecule has 3 aromatic carbocycles. The highest BCUT2D eigenvalue weighted by atomic mass is 19.1. The van der Waals surface area contributed by atoms with Crippen molar-refractivity contribution in [3.8, 4) is 0 Å². The quantitative estimate of drug-likeness (QED) is 0.225. The van der Waals surface area contributed by atoms with Crippen molar-refractivity contribution in [2.24, 2.45) is 15.3 Å². The van der Waals surface area contributed by atoms with Crippen molar-refractivity contribution in [3.05, 3.63) is 95.6 Å². The molecule has 0 spiro atoms. The lowest BCUT2D eigenvalue weighted by Crippen LogP contribution is -2.11. The topological polar surface area (TPSA) is 49.1 Å². The Balaban J connectivity index is 1.96. The summed E-state index contributed by atoms with van der Waals surface area (Å²) in [5.74, 6) is -1.27. The van der Waals surface area contributed by atoms with Gasteiger partial charge in [0.15, 0.2) is 11.6 Å². The number of benzene rings is 3. The molecule has 0 fully saturated rings. The van der Waals surface area contributed by atoms with Crippen LogP contribution in [0.4, 0.5) is 20.2 Å². The Morgan fingerprint density at radius 3 is 2.00 bits per heavy atom. The van der Waals surface area contributed by atoms with Gasteiger partial charge in [0.25, 0.3) is 0 Å². The highest BCUT2D eigenvalue weighted by Gasteiger charge is 2.14. The summed E-state index contributed by atoms with van der Waals surface area (Å²) in [6.07, 6.45) is 0. The molecule has 1 N–H and O–H groups in total. The van der Waals surface area contributed by atoms with E-state index in [9.17, 15) is 8.78 Å². The highest BCUT2D eigenvalue weighted by molar-refractivity contribution is 5.99. The molecule has 0 aliphatic carbocycles. The summed E-state index contributed by atoms with van der Waals surface area (Å²) in [4.78, 5) is 0. The Bertz CT molecular complexity index is 1000. The maximum absolute atomic E-state index is 13.9. The number of azo groups is 1. The lowest BCUT2D eigenvalue weighted by atomic mass is 9.87. The van der Waals surface area contributed by atoms with E-state index in [0.29, 0.717) is 11.3 Å². The van der Waals surface area contributed by atoms with E-state index < -0.39 is 11.6 Å². The number of hydrogen-bond acceptors (Lipinski definition) is 3. The monoisotopic (exact) mass is 392 g/mol. The second-order valence-electron chi connectivity index (χ2n) is 7.51. The zero-order valence-electron chi connectivity index (χ0n) is 16.5. The van der Waals surface area contributed by atoms with Crippen LogP contribution in [0.15, 0.2) is 88.1 Å². The molecule has 29 heavy (non-hydrogen) atoms. The lowest BCUT2D eigenvalue weighted by Gasteiger charge is -2.19. The van der Waals surface area contributed by atoms with Crippen molar-refractivity contribution in [1.29, 1.82) is 0 Å². The fourth-order valence-electron chi connectivity index (χ4n) is 2.58. The second kappa shape index (κ2) is 8.73. The molecule has 0 amide bonds. The zero-order chi connectivity index (χ0) is 20.9. The van der Waals surface area contributed by atoms with Gasteiger partial charge in [-0.2, -0.15) is 5.10 Å². The smallest absolute Gasteiger partial charge is 0.201 e. The van der Waals surface area contributed by atoms with Crippen molar-refractivity contribution in [3.63, 3.8) is 0 Å². The van der Waals surface area contributed by atoms with Gasteiger partial charge >= 0.3 is 0 Å². The fourth-order valence-corrected chi connectivity index (χ4v) is 2.58. The second-order valence-corrected chi connectivity index (χ2v) is 7.51. The number of para-hydroxylation sites is 1. The van der Waals surface area contributed by atoms with Crippen molar-refractivity contribution in [2.45, 2.75) is 26.2 Å². The Morgan fingerprint density at radius 1 is 0.793 bits per heavy atom. The molecule has 0 radical (unpaired) electrons. The third kappa shape index (κ3) is 5.31. The number of anilines is 1. The molecule has 0 heterocycles. The molecular formula is C23H22F2N4. The van der Waals surface area contributed by atoms with Crippen LogP contribution in [0.5, 0.6) is 0 Å². The molecule has 0 aliphatic heterocycles. The van der Waals surface area contributed by atoms with Gasteiger partial charge in [0.05, 0.1) is 5.69 Å². The number of rotatable bonds is 4. The van der Waals surface area contributed by atoms with Gasteiger partial charge in [-0.15, -0.1) is 10.2 Å². The predicted octanol–water partition coefficient (Wildman–Crippen LogP) is 6.82. The molecule has 0 atom stereocenters. The minimum Gasteiger partial charge on any atom is -0.270 e. The van der Waals surface area contributed by atoms with Crippen molar-refractivity contribution < 1.29 is 8.78 Å². The predicted molar refractivity (Wildman–Crippen MR) is 113 cm³/mol. The third-order valence-electron chi connectivity index (χ3n) is 4.26. The molecule has 3 rings (SSSR count). The van der Waals surface area contributed by atoms with Crippen LogP contribution >= 0.6 is 0 Å². The SMILES string of the molecule is CC(C)(C)c1ccc(C(=N/Nc2c(F)cccc2F)/N=N/c2ccccc2)cc1. The van der Waals surface area contributed by atoms with Gasteiger partial charge in [-0.3, -0.25) is 5.43 Å². The summed E-state index contributed by atoms with van der Waals surface area (Å²) < 4.78 is 27.8. The molecule has 148 valence electrons. The summed E-state index contributed by atoms with van der Waals surface area (Å²) in [6, 6.07) is 20.5. The molecule has 0 aliphatic rings. The number of nitrogens with one attached hydrogen (secondary N) is 1. The van der Waals surface area contributed by atoms with E-state index in [-0.39, 0.29) is 16.9 Å². The first kappa shape index (κ1) is 20.3. The molecule has 4 nitrogen and oxygen atoms in total. The summed E-state index contributed by atoms with van der Waals surface area (Å²) in [6.45, 7) is 6.36. The van der Waals surface area contributed by atoms with Crippen molar-refractivity contribution in [1.82, 2.24) is 0 Å². The van der Waals surface area contributed by atoms with Gasteiger partial charge in [-0.05, 0) is 35.2 Å². The van der Waals surface area contributed by atoms with Crippen LogP contribution in [0.1, 0.15) is 31.9 Å². The number of hydrazone groups is 1. The normalized spacial score (nSPS) is 12.4. The summed E-state index contributed by atoms with van der Waals surface area (Å²) >= 11 is 0. The van der Waals surface area contributed by atoms with Crippen molar-refractivity contribution >= 4 is 17.2 Å². The minimum atomic E-state index is -0.740. The lowest BCUT2D eigenvalue weighted by molar-refractivity contribution is 0.588. The first-order valence-corrected chi connectivity index (χ1v) is 9.20. The summed E-state index contributed by atoms with van der Waals surface area (Å²) in [5.41, 5.74) is 4.56. The zero-order valence-corrected chi connectivity index (χ0v) is 16.5. The molecular weight excluding hydrogens is 370 g/mol. The molecule has 6 heteroatoms. The number of nitrogens with zero attached hydrogens (tertiary/aromatic N) is 3. The van der Waals surface area contributed by atoms with E-state index in [2.05, 4.69) is 41.5 Å². The van der Waals surface area contributed by atoms with Crippen LogP contribution in [-0.2, 0) is 5.41 Å². The third-order valence-corrected chi connectivity index (χ3v) is 4.26. The molecule has 0 aromatic heterocycles. The van der Waals surface area contributed by atoms with Crippen molar-refractivity contribution in [2.75, 3.05) is 5.43 Å². The Labute approximate surface area is 169 Å². The van der Waals surface area contributed by atoms with Gasteiger partial charge in [0, 0.05) is 5.56 Å². The molecule has 3 aromatic rings. The van der Waals surface area contributed by atoms with Crippen LogP contribution in [0, 0.1) is 11.6 Å². The van der Waals surface area contributed by atoms with Gasteiger partial charge in [0.2, 0.25) is 5.84 Å². The van der Waals surface area contributed by atoms with E-state index in [1.807, 2.05) is 42.5 Å². The van der Waals surface area contributed by atoms with E-state index in [1.54, 1.807) is 12.1 Å². The maximum atomic E-state index is 13.9. The first-order valence-electron chi connectivity index (χ1n) is 9.20. The minimum absolute atomic E-state index is 0.00403. The molecule has 0 unspecified atom stereocenters. The van der Waals surface area contributed by atoms with Crippen LogP contribution in [0.25, 0.3) is 0 Å². The van der Waals surface area contributed by atoms with Gasteiger partial charge in [-0.25, -0.2) is 8.78 Å². The first-order chi connectivity index (χ1) is 13.8. The van der Waals surface area contributed by atoms with E-state index in [0.717, 1.165) is 17.7 Å². The molecule has 0 saturated carbocycles. The van der Waals surface area contributed by atoms with Crippen LogP contribution in [0.2, 0.25) is 0 Å². The van der Waals surface area contributed by atoms with Crippen LogP contribution < -0.4 is 5.43 Å². The Hall–Kier alpha value is -3.41. The van der Waals surface area contributed by atoms with E-state index in [4.69, 9.17) is 0 Å². The standard InChI is InChI=1S/C23H22F2N4/c1-23(2,3)17-14-12-16(13-15-17)22(28-26-18-8-5-4-6-9-18)29-27-21-19(24)10-7-11-20(21)25/h4-15,27H,1-3H3/b28-26+,29-22-. The Kier molecular flexibility index (Phi) is 6.12. The van der Waals surface area contributed by atoms with E-state index >= 15 is 0 Å². The van der Waals surface area contributed by atoms with Crippen LogP contribution in [0.3, 0.4) is 0 Å². The van der Waals surface area contributed by atoms with Gasteiger partial charge < -0.3 is 0 Å². The summed E-state index contributed by atoms with van der Waals surface area (Å²) in [5, 5.41) is 12.5. The van der Waals surface area contributed by atoms with Crippen LogP contribution in [-0.4, -0.2) is 5.84 Å². The van der Waals surface area contributed by atoms with Gasteiger partial charge in [-0.1, -0.05) is 69.3 Å². The fraction of sp³-hybridized carbons (Fsp3) is 0.174. The van der Waals surface area contributed by atoms with Gasteiger partial charge in [0.1, 0.15) is 5.69 Å². The Morgan fingerprint density at radius 2 is 1.41 bits per heavy atom.